The second kappa shape index (κ2) is 4.23. The van der Waals surface area contributed by atoms with E-state index in [-0.39, 0.29) is 0 Å². The Morgan fingerprint density at radius 3 is 2.46 bits per heavy atom. The quantitative estimate of drug-likeness (QED) is 0.658. The number of hydrogen-bond acceptors (Lipinski definition) is 1. The summed E-state index contributed by atoms with van der Waals surface area (Å²) in [5.41, 5.74) is 6.11. The van der Waals surface area contributed by atoms with E-state index in [1.165, 1.54) is 5.57 Å². The Bertz CT molecular complexity index is 181. The molecule has 0 spiro atoms. The van der Waals surface area contributed by atoms with E-state index in [4.69, 9.17) is 5.73 Å². The first kappa shape index (κ1) is 10.7. The van der Waals surface area contributed by atoms with Crippen molar-refractivity contribution in [2.24, 2.45) is 5.73 Å². The zero-order valence-electron chi connectivity index (χ0n) is 8.65. The first-order chi connectivity index (χ1) is 5.97. The van der Waals surface area contributed by atoms with Gasteiger partial charge in [0.05, 0.1) is 0 Å². The molecule has 0 amide bonds. The average molecular weight is 185 g/mol. The standard InChI is InChI=1S/C11H20FN/c1-11(2,12)8-7-9-3-5-10(13)6-4-9/h7,10H,3-6,8,13H2,1-2H3. The van der Waals surface area contributed by atoms with Crippen molar-refractivity contribution in [3.63, 3.8) is 0 Å². The van der Waals surface area contributed by atoms with Crippen LogP contribution >= 0.6 is 0 Å². The van der Waals surface area contributed by atoms with E-state index in [0.717, 1.165) is 25.7 Å². The average Bonchev–Trinajstić information content (AvgIpc) is 2.02. The van der Waals surface area contributed by atoms with E-state index >= 15 is 0 Å². The summed E-state index contributed by atoms with van der Waals surface area (Å²) in [7, 11) is 0. The van der Waals surface area contributed by atoms with Crippen molar-refractivity contribution in [3.05, 3.63) is 11.6 Å². The molecule has 0 bridgehead atoms. The normalized spacial score (nSPS) is 24.6. The molecular formula is C11H20FN. The highest BCUT2D eigenvalue weighted by atomic mass is 19.1. The summed E-state index contributed by atoms with van der Waals surface area (Å²) < 4.78 is 13.2. The van der Waals surface area contributed by atoms with E-state index in [1.54, 1.807) is 13.8 Å². The summed E-state index contributed by atoms with van der Waals surface area (Å²) >= 11 is 0. The zero-order chi connectivity index (χ0) is 9.90. The van der Waals surface area contributed by atoms with Crippen molar-refractivity contribution < 1.29 is 4.39 Å². The molecule has 76 valence electrons. The summed E-state index contributed by atoms with van der Waals surface area (Å²) in [5, 5.41) is 0. The molecule has 1 nitrogen and oxygen atoms in total. The molecule has 0 radical (unpaired) electrons. The van der Waals surface area contributed by atoms with Crippen LogP contribution in [0.4, 0.5) is 4.39 Å². The molecule has 2 N–H and O–H groups in total. The number of allylic oxidation sites excluding steroid dienone is 2. The van der Waals surface area contributed by atoms with Gasteiger partial charge in [0, 0.05) is 6.04 Å². The van der Waals surface area contributed by atoms with Gasteiger partial charge in [-0.25, -0.2) is 4.39 Å². The van der Waals surface area contributed by atoms with Crippen molar-refractivity contribution >= 4 is 0 Å². The molecule has 1 aliphatic carbocycles. The summed E-state index contributed by atoms with van der Waals surface area (Å²) in [4.78, 5) is 0. The van der Waals surface area contributed by atoms with E-state index < -0.39 is 5.67 Å². The van der Waals surface area contributed by atoms with Gasteiger partial charge < -0.3 is 5.73 Å². The van der Waals surface area contributed by atoms with E-state index in [1.807, 2.05) is 0 Å². The molecule has 0 aromatic carbocycles. The van der Waals surface area contributed by atoms with Gasteiger partial charge in [-0.05, 0) is 46.0 Å². The number of alkyl halides is 1. The highest BCUT2D eigenvalue weighted by Gasteiger charge is 2.16. The fourth-order valence-corrected chi connectivity index (χ4v) is 1.60. The second-order valence-electron chi connectivity index (χ2n) is 4.62. The molecule has 1 aliphatic rings. The van der Waals surface area contributed by atoms with Crippen molar-refractivity contribution in [1.82, 2.24) is 0 Å². The number of hydrogen-bond donors (Lipinski definition) is 1. The van der Waals surface area contributed by atoms with Gasteiger partial charge in [0.15, 0.2) is 0 Å². The van der Waals surface area contributed by atoms with Crippen LogP contribution in [-0.2, 0) is 0 Å². The molecule has 13 heavy (non-hydrogen) atoms. The van der Waals surface area contributed by atoms with Crippen LogP contribution in [0.5, 0.6) is 0 Å². The molecule has 1 saturated carbocycles. The number of halogens is 1. The third-order valence-electron chi connectivity index (χ3n) is 2.55. The topological polar surface area (TPSA) is 26.0 Å². The van der Waals surface area contributed by atoms with Crippen LogP contribution in [0.3, 0.4) is 0 Å². The third-order valence-corrected chi connectivity index (χ3v) is 2.55. The molecule has 2 heteroatoms. The van der Waals surface area contributed by atoms with Crippen LogP contribution in [0.15, 0.2) is 11.6 Å². The summed E-state index contributed by atoms with van der Waals surface area (Å²) in [6.45, 7) is 3.25. The second-order valence-corrected chi connectivity index (χ2v) is 4.62. The molecule has 0 saturated heterocycles. The minimum atomic E-state index is -1.06. The molecule has 0 heterocycles. The Balaban J connectivity index is 2.36. The van der Waals surface area contributed by atoms with Gasteiger partial charge in [-0.3, -0.25) is 0 Å². The van der Waals surface area contributed by atoms with Gasteiger partial charge >= 0.3 is 0 Å². The smallest absolute Gasteiger partial charge is 0.109 e. The Morgan fingerprint density at radius 1 is 1.46 bits per heavy atom. The largest absolute Gasteiger partial charge is 0.328 e. The van der Waals surface area contributed by atoms with Crippen LogP contribution < -0.4 is 5.73 Å². The maximum absolute atomic E-state index is 13.2. The van der Waals surface area contributed by atoms with Crippen molar-refractivity contribution in [3.8, 4) is 0 Å². The molecule has 1 fully saturated rings. The van der Waals surface area contributed by atoms with Gasteiger partial charge in [0.25, 0.3) is 0 Å². The Kier molecular flexibility index (Phi) is 3.48. The highest BCUT2D eigenvalue weighted by molar-refractivity contribution is 5.07. The van der Waals surface area contributed by atoms with Crippen molar-refractivity contribution in [2.75, 3.05) is 0 Å². The maximum atomic E-state index is 13.2. The monoisotopic (exact) mass is 185 g/mol. The predicted molar refractivity (Wildman–Crippen MR) is 54.3 cm³/mol. The Labute approximate surface area is 80.2 Å². The van der Waals surface area contributed by atoms with Gasteiger partial charge in [-0.15, -0.1) is 0 Å². The highest BCUT2D eigenvalue weighted by Crippen LogP contribution is 2.25. The van der Waals surface area contributed by atoms with Crippen LogP contribution in [0, 0.1) is 0 Å². The number of nitrogens with two attached hydrogens (primary N) is 1. The SMILES string of the molecule is CC(C)(F)CC=C1CCC(N)CC1. The van der Waals surface area contributed by atoms with Crippen LogP contribution in [0.2, 0.25) is 0 Å². The Hall–Kier alpha value is -0.370. The molecule has 0 atom stereocenters. The molecule has 0 aliphatic heterocycles. The lowest BCUT2D eigenvalue weighted by Gasteiger charge is -2.21. The molecular weight excluding hydrogens is 165 g/mol. The summed E-state index contributed by atoms with van der Waals surface area (Å²) in [6.07, 6.45) is 6.87. The van der Waals surface area contributed by atoms with Crippen molar-refractivity contribution in [1.29, 1.82) is 0 Å². The van der Waals surface area contributed by atoms with Gasteiger partial charge in [0.1, 0.15) is 5.67 Å². The first-order valence-corrected chi connectivity index (χ1v) is 5.10. The Morgan fingerprint density at radius 2 is 2.00 bits per heavy atom. The lowest BCUT2D eigenvalue weighted by Crippen LogP contribution is -2.23. The van der Waals surface area contributed by atoms with E-state index in [9.17, 15) is 4.39 Å². The lowest BCUT2D eigenvalue weighted by atomic mass is 9.90. The summed E-state index contributed by atoms with van der Waals surface area (Å²) in [6, 6.07) is 0.371. The zero-order valence-corrected chi connectivity index (χ0v) is 8.65. The van der Waals surface area contributed by atoms with Gasteiger partial charge in [-0.2, -0.15) is 0 Å². The summed E-state index contributed by atoms with van der Waals surface area (Å²) in [5.74, 6) is 0. The minimum absolute atomic E-state index is 0.371. The van der Waals surface area contributed by atoms with Crippen molar-refractivity contribution in [2.45, 2.75) is 57.7 Å². The third kappa shape index (κ3) is 4.41. The maximum Gasteiger partial charge on any atom is 0.109 e. The fraction of sp³-hybridized carbons (Fsp3) is 0.818. The van der Waals surface area contributed by atoms with Gasteiger partial charge in [-0.1, -0.05) is 11.6 Å². The molecule has 0 aromatic rings. The van der Waals surface area contributed by atoms with Gasteiger partial charge in [0.2, 0.25) is 0 Å². The minimum Gasteiger partial charge on any atom is -0.328 e. The van der Waals surface area contributed by atoms with E-state index in [0.29, 0.717) is 12.5 Å². The van der Waals surface area contributed by atoms with Crippen LogP contribution in [-0.4, -0.2) is 11.7 Å². The fourth-order valence-electron chi connectivity index (χ4n) is 1.60. The predicted octanol–water partition coefficient (Wildman–Crippen LogP) is 2.95. The first-order valence-electron chi connectivity index (χ1n) is 5.10. The molecule has 0 unspecified atom stereocenters. The lowest BCUT2D eigenvalue weighted by molar-refractivity contribution is 0.220. The van der Waals surface area contributed by atoms with Crippen LogP contribution in [0.25, 0.3) is 0 Å². The number of rotatable bonds is 2. The molecule has 1 rings (SSSR count). The van der Waals surface area contributed by atoms with Crippen LogP contribution in [0.1, 0.15) is 46.0 Å². The van der Waals surface area contributed by atoms with E-state index in [2.05, 4.69) is 6.08 Å². The molecule has 0 aromatic heterocycles.